The molecular formula is C13H27IN4O2. The van der Waals surface area contributed by atoms with Gasteiger partial charge >= 0.3 is 0 Å². The summed E-state index contributed by atoms with van der Waals surface area (Å²) in [5.41, 5.74) is -0.775. The van der Waals surface area contributed by atoms with E-state index in [0.29, 0.717) is 31.9 Å². The quantitative estimate of drug-likeness (QED) is 0.311. The molecule has 0 radical (unpaired) electrons. The molecule has 0 aromatic carbocycles. The number of nitrogens with zero attached hydrogens (tertiary/aromatic N) is 1. The fourth-order valence-electron chi connectivity index (χ4n) is 1.73. The number of aliphatic imine (C=N–C) groups is 1. The molecule has 1 heterocycles. The molecule has 0 saturated carbocycles. The number of rotatable bonds is 5. The third-order valence-electron chi connectivity index (χ3n) is 3.29. The van der Waals surface area contributed by atoms with Gasteiger partial charge in [-0.05, 0) is 26.7 Å². The summed E-state index contributed by atoms with van der Waals surface area (Å²) in [7, 11) is 0. The maximum atomic E-state index is 11.1. The van der Waals surface area contributed by atoms with Crippen molar-refractivity contribution in [2.45, 2.75) is 51.7 Å². The molecule has 1 rings (SSSR count). The first kappa shape index (κ1) is 19.4. The second kappa shape index (κ2) is 9.38. The van der Waals surface area contributed by atoms with Crippen LogP contribution in [0.1, 0.15) is 40.0 Å². The standard InChI is InChI=1S/C13H26N4O2.HI/c1-4-13(3,19)9-16-12(14-5-2)17-10-6-7-11(18)15-8-10;/h10,19H,4-9H2,1-3H3,(H,15,18)(H2,14,16,17);1H. The molecule has 0 aromatic rings. The molecule has 2 unspecified atom stereocenters. The van der Waals surface area contributed by atoms with Crippen molar-refractivity contribution in [3.05, 3.63) is 0 Å². The number of amides is 1. The Bertz CT molecular complexity index is 324. The highest BCUT2D eigenvalue weighted by molar-refractivity contribution is 14.0. The molecule has 2 atom stereocenters. The van der Waals surface area contributed by atoms with Gasteiger partial charge in [0.15, 0.2) is 5.96 Å². The minimum absolute atomic E-state index is 0. The Balaban J connectivity index is 0.00000361. The molecule has 7 heteroatoms. The van der Waals surface area contributed by atoms with Crippen LogP contribution in [-0.2, 0) is 4.79 Å². The third-order valence-corrected chi connectivity index (χ3v) is 3.29. The predicted octanol–water partition coefficient (Wildman–Crippen LogP) is 0.599. The second-order valence-corrected chi connectivity index (χ2v) is 5.23. The van der Waals surface area contributed by atoms with Gasteiger partial charge < -0.3 is 21.1 Å². The Morgan fingerprint density at radius 2 is 2.25 bits per heavy atom. The largest absolute Gasteiger partial charge is 0.388 e. The zero-order valence-corrected chi connectivity index (χ0v) is 14.9. The molecule has 0 spiro atoms. The Morgan fingerprint density at radius 1 is 1.55 bits per heavy atom. The van der Waals surface area contributed by atoms with E-state index in [0.717, 1.165) is 13.0 Å². The average molecular weight is 398 g/mol. The van der Waals surface area contributed by atoms with Crippen LogP contribution in [0, 0.1) is 0 Å². The lowest BCUT2D eigenvalue weighted by Gasteiger charge is -2.26. The van der Waals surface area contributed by atoms with Crippen molar-refractivity contribution in [2.75, 3.05) is 19.6 Å². The van der Waals surface area contributed by atoms with E-state index in [9.17, 15) is 9.90 Å². The van der Waals surface area contributed by atoms with E-state index in [-0.39, 0.29) is 35.9 Å². The highest BCUT2D eigenvalue weighted by Gasteiger charge is 2.20. The Labute approximate surface area is 138 Å². The van der Waals surface area contributed by atoms with Gasteiger partial charge in [0, 0.05) is 25.6 Å². The van der Waals surface area contributed by atoms with Gasteiger partial charge in [-0.15, -0.1) is 24.0 Å². The molecule has 1 aliphatic rings. The van der Waals surface area contributed by atoms with Gasteiger partial charge in [0.05, 0.1) is 12.1 Å². The first-order valence-corrected chi connectivity index (χ1v) is 7.00. The molecule has 0 bridgehead atoms. The maximum absolute atomic E-state index is 11.1. The summed E-state index contributed by atoms with van der Waals surface area (Å²) >= 11 is 0. The summed E-state index contributed by atoms with van der Waals surface area (Å²) in [5, 5.41) is 19.2. The van der Waals surface area contributed by atoms with E-state index in [4.69, 9.17) is 0 Å². The third kappa shape index (κ3) is 7.28. The molecule has 20 heavy (non-hydrogen) atoms. The van der Waals surface area contributed by atoms with E-state index < -0.39 is 5.60 Å². The van der Waals surface area contributed by atoms with Gasteiger partial charge in [-0.25, -0.2) is 0 Å². The lowest BCUT2D eigenvalue weighted by atomic mass is 10.0. The van der Waals surface area contributed by atoms with E-state index in [1.54, 1.807) is 6.92 Å². The number of carbonyl (C=O) groups excluding carboxylic acids is 1. The number of piperidine rings is 1. The monoisotopic (exact) mass is 398 g/mol. The molecule has 4 N–H and O–H groups in total. The number of nitrogens with one attached hydrogen (secondary N) is 3. The van der Waals surface area contributed by atoms with Crippen LogP contribution < -0.4 is 16.0 Å². The van der Waals surface area contributed by atoms with Crippen LogP contribution in [0.3, 0.4) is 0 Å². The number of halogens is 1. The van der Waals surface area contributed by atoms with E-state index in [2.05, 4.69) is 20.9 Å². The molecule has 0 aromatic heterocycles. The first-order valence-electron chi connectivity index (χ1n) is 7.00. The zero-order chi connectivity index (χ0) is 14.3. The van der Waals surface area contributed by atoms with Crippen LogP contribution in [-0.4, -0.2) is 48.3 Å². The van der Waals surface area contributed by atoms with Crippen LogP contribution in [0.2, 0.25) is 0 Å². The second-order valence-electron chi connectivity index (χ2n) is 5.23. The van der Waals surface area contributed by atoms with Gasteiger partial charge in [0.1, 0.15) is 0 Å². The molecular weight excluding hydrogens is 371 g/mol. The van der Waals surface area contributed by atoms with Crippen molar-refractivity contribution in [1.29, 1.82) is 0 Å². The van der Waals surface area contributed by atoms with Gasteiger partial charge in [-0.1, -0.05) is 6.92 Å². The van der Waals surface area contributed by atoms with Crippen molar-refractivity contribution < 1.29 is 9.90 Å². The first-order chi connectivity index (χ1) is 8.96. The number of carbonyl (C=O) groups is 1. The summed E-state index contributed by atoms with van der Waals surface area (Å²) in [6.07, 6.45) is 2.01. The van der Waals surface area contributed by atoms with Crippen LogP contribution in [0.25, 0.3) is 0 Å². The maximum Gasteiger partial charge on any atom is 0.220 e. The van der Waals surface area contributed by atoms with Crippen molar-refractivity contribution in [3.63, 3.8) is 0 Å². The van der Waals surface area contributed by atoms with Gasteiger partial charge in [-0.2, -0.15) is 0 Å². The lowest BCUT2D eigenvalue weighted by molar-refractivity contribution is -0.122. The molecule has 1 fully saturated rings. The number of aliphatic hydroxyl groups is 1. The van der Waals surface area contributed by atoms with Crippen LogP contribution in [0.15, 0.2) is 4.99 Å². The Kier molecular flexibility index (Phi) is 9.11. The molecule has 1 amide bonds. The highest BCUT2D eigenvalue weighted by Crippen LogP contribution is 2.08. The van der Waals surface area contributed by atoms with Crippen molar-refractivity contribution in [3.8, 4) is 0 Å². The summed E-state index contributed by atoms with van der Waals surface area (Å²) in [6.45, 7) is 7.45. The Morgan fingerprint density at radius 3 is 2.75 bits per heavy atom. The van der Waals surface area contributed by atoms with Gasteiger partial charge in [0.25, 0.3) is 0 Å². The van der Waals surface area contributed by atoms with Crippen LogP contribution in [0.5, 0.6) is 0 Å². The van der Waals surface area contributed by atoms with Crippen molar-refractivity contribution in [1.82, 2.24) is 16.0 Å². The smallest absolute Gasteiger partial charge is 0.220 e. The Hall–Kier alpha value is -0.570. The van der Waals surface area contributed by atoms with E-state index in [1.807, 2.05) is 13.8 Å². The number of hydrogen-bond donors (Lipinski definition) is 4. The molecule has 1 aliphatic heterocycles. The molecule has 118 valence electrons. The fourth-order valence-corrected chi connectivity index (χ4v) is 1.73. The molecule has 6 nitrogen and oxygen atoms in total. The summed E-state index contributed by atoms with van der Waals surface area (Å²) in [5.74, 6) is 0.797. The van der Waals surface area contributed by atoms with E-state index in [1.165, 1.54) is 0 Å². The average Bonchev–Trinajstić information content (AvgIpc) is 2.39. The van der Waals surface area contributed by atoms with Crippen molar-refractivity contribution >= 4 is 35.8 Å². The molecule has 0 aliphatic carbocycles. The zero-order valence-electron chi connectivity index (χ0n) is 12.5. The topological polar surface area (TPSA) is 85.8 Å². The normalized spacial score (nSPS) is 22.3. The predicted molar refractivity (Wildman–Crippen MR) is 91.5 cm³/mol. The summed E-state index contributed by atoms with van der Waals surface area (Å²) < 4.78 is 0. The van der Waals surface area contributed by atoms with Crippen molar-refractivity contribution in [2.24, 2.45) is 4.99 Å². The van der Waals surface area contributed by atoms with Gasteiger partial charge in [0.2, 0.25) is 5.91 Å². The minimum atomic E-state index is -0.775. The fraction of sp³-hybridized carbons (Fsp3) is 0.846. The lowest BCUT2D eigenvalue weighted by Crippen LogP contribution is -2.51. The summed E-state index contributed by atoms with van der Waals surface area (Å²) in [4.78, 5) is 15.5. The SMILES string of the molecule is CCNC(=NCC(C)(O)CC)NC1CCC(=O)NC1.I. The van der Waals surface area contributed by atoms with Crippen LogP contribution in [0.4, 0.5) is 0 Å². The number of hydrogen-bond acceptors (Lipinski definition) is 3. The summed E-state index contributed by atoms with van der Waals surface area (Å²) in [6, 6.07) is 0.196. The highest BCUT2D eigenvalue weighted by atomic mass is 127. The van der Waals surface area contributed by atoms with Gasteiger partial charge in [-0.3, -0.25) is 9.79 Å². The van der Waals surface area contributed by atoms with Crippen LogP contribution >= 0.6 is 24.0 Å². The molecule has 1 saturated heterocycles. The minimum Gasteiger partial charge on any atom is -0.388 e. The van der Waals surface area contributed by atoms with E-state index >= 15 is 0 Å². The number of guanidine groups is 1.